The van der Waals surface area contributed by atoms with E-state index in [1.807, 2.05) is 0 Å². The van der Waals surface area contributed by atoms with Crippen molar-refractivity contribution in [1.82, 2.24) is 0 Å². The molecule has 0 N–H and O–H groups in total. The molecule has 0 aliphatic rings. The van der Waals surface area contributed by atoms with Crippen molar-refractivity contribution in [1.29, 1.82) is 0 Å². The number of para-hydroxylation sites is 2. The number of hydrogen-bond donors (Lipinski definition) is 0. The number of furan rings is 2. The van der Waals surface area contributed by atoms with Crippen LogP contribution in [0.4, 0.5) is 34.1 Å². The normalized spacial score (nSPS) is 11.8. The van der Waals surface area contributed by atoms with E-state index in [0.29, 0.717) is 0 Å². The topological polar surface area (TPSA) is 32.8 Å². The van der Waals surface area contributed by atoms with Crippen LogP contribution in [-0.2, 0) is 0 Å². The number of nitrogens with zero attached hydrogens (tertiary/aromatic N) is 2. The monoisotopic (exact) mass is 1550 g/mol. The summed E-state index contributed by atoms with van der Waals surface area (Å²) in [4.78, 5) is 4.91. The fraction of sp³-hybridized carbons (Fsp3) is 0. The zero-order valence-electron chi connectivity index (χ0n) is 66.4. The summed E-state index contributed by atoms with van der Waals surface area (Å²) < 4.78 is 13.3. The maximum Gasteiger partial charge on any atom is 0.143 e. The van der Waals surface area contributed by atoms with Crippen LogP contribution in [0.25, 0.3) is 208 Å². The Morgan fingerprint density at radius 3 is 1.08 bits per heavy atom. The van der Waals surface area contributed by atoms with Crippen molar-refractivity contribution in [2.24, 2.45) is 0 Å². The highest BCUT2D eigenvalue weighted by Gasteiger charge is 2.24. The molecule has 122 heavy (non-hydrogen) atoms. The largest absolute Gasteiger partial charge is 0.455 e. The summed E-state index contributed by atoms with van der Waals surface area (Å²) in [6, 6.07) is 165. The zero-order chi connectivity index (χ0) is 80.3. The Labute approximate surface area is 705 Å². The molecular weight excluding hydrogens is 1480 g/mol. The second-order valence-electron chi connectivity index (χ2n) is 32.1. The van der Waals surface area contributed by atoms with Gasteiger partial charge in [0.05, 0.1) is 11.4 Å². The Bertz CT molecular complexity index is 8300. The van der Waals surface area contributed by atoms with Crippen molar-refractivity contribution in [2.45, 2.75) is 0 Å². The number of rotatable bonds is 14. The molecule has 24 rings (SSSR count). The van der Waals surface area contributed by atoms with E-state index in [1.54, 1.807) is 0 Å². The molecule has 0 spiro atoms. The molecule has 0 saturated carbocycles. The summed E-state index contributed by atoms with van der Waals surface area (Å²) in [7, 11) is 0. The average Bonchev–Trinajstić information content (AvgIpc) is 1.15. The van der Waals surface area contributed by atoms with Gasteiger partial charge in [-0.05, 0) is 252 Å². The van der Waals surface area contributed by atoms with Crippen molar-refractivity contribution in [3.63, 3.8) is 0 Å². The first-order chi connectivity index (χ1) is 60.4. The summed E-state index contributed by atoms with van der Waals surface area (Å²) in [5.41, 5.74) is 28.3. The molecule has 0 aliphatic carbocycles. The van der Waals surface area contributed by atoms with Crippen LogP contribution in [0.1, 0.15) is 0 Å². The molecule has 0 bridgehead atoms. The Kier molecular flexibility index (Phi) is 16.6. The van der Waals surface area contributed by atoms with Gasteiger partial charge in [-0.3, -0.25) is 0 Å². The number of anilines is 6. The van der Waals surface area contributed by atoms with Crippen LogP contribution in [0.5, 0.6) is 0 Å². The van der Waals surface area contributed by atoms with Gasteiger partial charge in [0, 0.05) is 66.2 Å². The Hall–Kier alpha value is -16.1. The van der Waals surface area contributed by atoms with Crippen molar-refractivity contribution >= 4 is 153 Å². The highest BCUT2D eigenvalue weighted by Crippen LogP contribution is 2.50. The fourth-order valence-corrected chi connectivity index (χ4v) is 19.3. The van der Waals surface area contributed by atoms with Gasteiger partial charge in [-0.2, -0.15) is 0 Å². The molecule has 568 valence electrons. The summed E-state index contributed by atoms with van der Waals surface area (Å²) in [6.07, 6.45) is 0. The second kappa shape index (κ2) is 28.9. The van der Waals surface area contributed by atoms with E-state index in [9.17, 15) is 0 Å². The number of benzene rings is 22. The molecule has 0 radical (unpaired) electrons. The molecular formula is C118H74N2O2. The third-order valence-electron chi connectivity index (χ3n) is 25.2. The van der Waals surface area contributed by atoms with E-state index in [-0.39, 0.29) is 0 Å². The first-order valence-electron chi connectivity index (χ1n) is 41.9. The van der Waals surface area contributed by atoms with Crippen LogP contribution >= 0.6 is 0 Å². The molecule has 0 atom stereocenters. The van der Waals surface area contributed by atoms with E-state index >= 15 is 0 Å². The second-order valence-corrected chi connectivity index (χ2v) is 32.1. The molecule has 0 fully saturated rings. The van der Waals surface area contributed by atoms with E-state index in [0.717, 1.165) is 172 Å². The predicted molar refractivity (Wildman–Crippen MR) is 516 cm³/mol. The van der Waals surface area contributed by atoms with Crippen LogP contribution < -0.4 is 9.80 Å². The maximum absolute atomic E-state index is 6.66. The lowest BCUT2D eigenvalue weighted by atomic mass is 9.91. The van der Waals surface area contributed by atoms with Gasteiger partial charge < -0.3 is 18.6 Å². The van der Waals surface area contributed by atoms with Crippen LogP contribution in [-0.4, -0.2) is 0 Å². The molecule has 2 aromatic heterocycles. The van der Waals surface area contributed by atoms with E-state index in [2.05, 4.69) is 459 Å². The lowest BCUT2D eigenvalue weighted by Crippen LogP contribution is -2.10. The van der Waals surface area contributed by atoms with Crippen LogP contribution in [0.15, 0.2) is 458 Å². The quantitative estimate of drug-likeness (QED) is 0.102. The van der Waals surface area contributed by atoms with Gasteiger partial charge in [-0.1, -0.05) is 340 Å². The van der Waals surface area contributed by atoms with Gasteiger partial charge in [-0.25, -0.2) is 0 Å². The molecule has 0 amide bonds. The van der Waals surface area contributed by atoms with Crippen molar-refractivity contribution < 1.29 is 8.83 Å². The third-order valence-corrected chi connectivity index (χ3v) is 25.2. The summed E-state index contributed by atoms with van der Waals surface area (Å²) in [5, 5.41) is 21.0. The van der Waals surface area contributed by atoms with E-state index < -0.39 is 0 Å². The lowest BCUT2D eigenvalue weighted by molar-refractivity contribution is 0.669. The molecule has 24 aromatic rings. The predicted octanol–water partition coefficient (Wildman–Crippen LogP) is 33.8. The minimum atomic E-state index is 0.874. The zero-order valence-corrected chi connectivity index (χ0v) is 66.4. The standard InChI is InChI=1S/C118H74N2O2/c1-3-22-76(23-4-1)101-40-20-42-107-111-70-84(55-64-115(111)121-117(101)107)81-44-45-83-68-94(63-54-82(83)66-81)120(93-59-50-79(51-60-93)97-39-19-29-75-26-7-10-30-95(75)97)114-74-89-47-46-85(69-110(89)104-36-16-18-38-106(104)114)90-67-86-27-8-12-34-100(86)109(72-90)80-52-61-92(62-53-80)119(113-73-87-28-9-11-33-99(87)103-35-15-17-37-105(103)113)91-57-48-78(49-58-91)96-31-13-14-32-98(96)88-56-65-116-112(71-88)108-43-21-41-102(118(108)122-116)77-24-5-2-6-25-77/h1-74H. The Balaban J connectivity index is 0.588. The Morgan fingerprint density at radius 2 is 0.475 bits per heavy atom. The van der Waals surface area contributed by atoms with Gasteiger partial charge in [0.25, 0.3) is 0 Å². The molecule has 2 heterocycles. The number of hydrogen-bond acceptors (Lipinski definition) is 4. The molecule has 0 saturated heterocycles. The van der Waals surface area contributed by atoms with Gasteiger partial charge in [0.2, 0.25) is 0 Å². The van der Waals surface area contributed by atoms with Gasteiger partial charge in [0.15, 0.2) is 0 Å². The average molecular weight is 1550 g/mol. The third kappa shape index (κ3) is 12.0. The molecule has 4 heteroatoms. The highest BCUT2D eigenvalue weighted by molar-refractivity contribution is 6.19. The molecule has 0 unspecified atom stereocenters. The van der Waals surface area contributed by atoms with Crippen LogP contribution in [0, 0.1) is 0 Å². The fourth-order valence-electron chi connectivity index (χ4n) is 19.3. The smallest absolute Gasteiger partial charge is 0.143 e. The maximum atomic E-state index is 6.66. The van der Waals surface area contributed by atoms with E-state index in [1.165, 1.54) is 70.6 Å². The summed E-state index contributed by atoms with van der Waals surface area (Å²) in [6.45, 7) is 0. The minimum Gasteiger partial charge on any atom is -0.455 e. The van der Waals surface area contributed by atoms with Crippen LogP contribution in [0.3, 0.4) is 0 Å². The minimum absolute atomic E-state index is 0.874. The number of fused-ring (bicyclic) bond motifs is 15. The van der Waals surface area contributed by atoms with Gasteiger partial charge in [0.1, 0.15) is 22.3 Å². The van der Waals surface area contributed by atoms with Gasteiger partial charge >= 0.3 is 0 Å². The Morgan fingerprint density at radius 1 is 0.139 bits per heavy atom. The van der Waals surface area contributed by atoms with Crippen molar-refractivity contribution in [3.05, 3.63) is 449 Å². The first-order valence-corrected chi connectivity index (χ1v) is 41.9. The SMILES string of the molecule is c1ccc(-c2cccc3c2oc2ccc(-c4ccc5cc(N(c6ccc(-c7cccc8ccccc78)cc6)c6cc7ccc(-c8cc(-c9ccc(N(c%10ccc(-c%11ccccc%11-c%11ccc%12oc%13c(-c%14ccccc%14)cccc%13c%12c%11)cc%10)c%10cc%11ccccc%11c%11ccccc%10%11)cc9)c9ccccc9c8)cc7c7ccccc67)ccc5c4)cc23)cc1. The summed E-state index contributed by atoms with van der Waals surface area (Å²) in [5.74, 6) is 0. The highest BCUT2D eigenvalue weighted by atomic mass is 16.3. The lowest BCUT2D eigenvalue weighted by Gasteiger charge is -2.28. The molecule has 22 aromatic carbocycles. The first kappa shape index (κ1) is 70.1. The van der Waals surface area contributed by atoms with E-state index in [4.69, 9.17) is 8.83 Å². The molecule has 4 nitrogen and oxygen atoms in total. The van der Waals surface area contributed by atoms with Crippen LogP contribution in [0.2, 0.25) is 0 Å². The van der Waals surface area contributed by atoms with Crippen molar-refractivity contribution in [2.75, 3.05) is 9.80 Å². The molecule has 0 aliphatic heterocycles. The summed E-state index contributed by atoms with van der Waals surface area (Å²) >= 11 is 0. The van der Waals surface area contributed by atoms with Gasteiger partial charge in [-0.15, -0.1) is 0 Å². The van der Waals surface area contributed by atoms with Crippen molar-refractivity contribution in [3.8, 4) is 89.0 Å².